The number of aromatic nitrogens is 1. The van der Waals surface area contributed by atoms with Crippen LogP contribution in [0, 0.1) is 17.3 Å². The molecule has 1 aromatic carbocycles. The minimum atomic E-state index is -0.621. The molecular weight excluding hydrogens is 464 g/mol. The highest BCUT2D eigenvalue weighted by molar-refractivity contribution is 7.10. The Kier molecular flexibility index (Phi) is 6.94. The van der Waals surface area contributed by atoms with E-state index in [-0.39, 0.29) is 11.9 Å². The molecule has 3 aromatic rings. The summed E-state index contributed by atoms with van der Waals surface area (Å²) in [5.74, 6) is 6.51. The van der Waals surface area contributed by atoms with Crippen molar-refractivity contribution < 1.29 is 19.0 Å². The normalized spacial score (nSPS) is 17.3. The number of ether oxygens (including phenoxy) is 3. The Labute approximate surface area is 208 Å². The monoisotopic (exact) mass is 490 g/mol. The molecule has 2 atom stereocenters. The van der Waals surface area contributed by atoms with Gasteiger partial charge in [0.05, 0.1) is 33.3 Å². The molecule has 1 amide bonds. The number of methoxy groups -OCH3 is 3. The van der Waals surface area contributed by atoms with E-state index >= 15 is 0 Å². The van der Waals surface area contributed by atoms with Gasteiger partial charge in [0, 0.05) is 35.4 Å². The first-order chi connectivity index (χ1) is 16.9. The van der Waals surface area contributed by atoms with E-state index < -0.39 is 12.0 Å². The average Bonchev–Trinajstić information content (AvgIpc) is 3.37. The molecular formula is C26H26N4O4S. The third kappa shape index (κ3) is 4.53. The lowest BCUT2D eigenvalue weighted by Gasteiger charge is -2.37. The summed E-state index contributed by atoms with van der Waals surface area (Å²) in [6.45, 7) is 1.79. The lowest BCUT2D eigenvalue weighted by atomic mass is 9.86. The van der Waals surface area contributed by atoms with Crippen molar-refractivity contribution in [3.63, 3.8) is 0 Å². The minimum Gasteiger partial charge on any atom is -0.493 e. The largest absolute Gasteiger partial charge is 0.493 e. The Morgan fingerprint density at radius 2 is 1.77 bits per heavy atom. The minimum absolute atomic E-state index is 0.0422. The van der Waals surface area contributed by atoms with E-state index in [2.05, 4.69) is 22.1 Å². The number of carbonyl (C=O) groups excluding carboxylic acids is 1. The number of rotatable bonds is 6. The number of thiophene rings is 1. The van der Waals surface area contributed by atoms with Crippen LogP contribution in [0.5, 0.6) is 17.2 Å². The molecule has 0 spiro atoms. The van der Waals surface area contributed by atoms with Crippen molar-refractivity contribution in [2.24, 2.45) is 0 Å². The van der Waals surface area contributed by atoms with E-state index in [1.54, 1.807) is 38.5 Å². The quantitative estimate of drug-likeness (QED) is 0.507. The number of hydrogen-bond acceptors (Lipinski definition) is 7. The first-order valence-corrected chi connectivity index (χ1v) is 11.7. The van der Waals surface area contributed by atoms with Gasteiger partial charge in [-0.1, -0.05) is 5.92 Å². The lowest BCUT2D eigenvalue weighted by molar-refractivity contribution is -0.130. The lowest BCUT2D eigenvalue weighted by Crippen LogP contribution is -2.53. The summed E-state index contributed by atoms with van der Waals surface area (Å²) in [6, 6.07) is 7.12. The summed E-state index contributed by atoms with van der Waals surface area (Å²) in [4.78, 5) is 20.0. The molecule has 0 bridgehead atoms. The molecule has 180 valence electrons. The molecule has 8 nitrogen and oxygen atoms in total. The summed E-state index contributed by atoms with van der Waals surface area (Å²) in [5.41, 5.74) is 3.44. The molecule has 1 saturated heterocycles. The van der Waals surface area contributed by atoms with Crippen molar-refractivity contribution in [3.05, 3.63) is 58.0 Å². The summed E-state index contributed by atoms with van der Waals surface area (Å²) < 4.78 is 16.5. The van der Waals surface area contributed by atoms with E-state index in [4.69, 9.17) is 19.6 Å². The molecule has 4 rings (SSSR count). The van der Waals surface area contributed by atoms with Crippen LogP contribution in [0.2, 0.25) is 0 Å². The highest BCUT2D eigenvalue weighted by atomic mass is 32.1. The third-order valence-electron chi connectivity index (χ3n) is 5.87. The molecule has 35 heavy (non-hydrogen) atoms. The van der Waals surface area contributed by atoms with Crippen LogP contribution in [0.4, 0.5) is 0 Å². The van der Waals surface area contributed by atoms with Gasteiger partial charge in [-0.3, -0.25) is 20.1 Å². The number of nitrogens with one attached hydrogen (secondary N) is 2. The van der Waals surface area contributed by atoms with Gasteiger partial charge in [0.1, 0.15) is 0 Å². The van der Waals surface area contributed by atoms with Crippen LogP contribution in [0.25, 0.3) is 11.1 Å². The predicted octanol–water partition coefficient (Wildman–Crippen LogP) is 4.03. The number of carbonyl (C=O) groups is 1. The van der Waals surface area contributed by atoms with E-state index in [0.29, 0.717) is 22.8 Å². The van der Waals surface area contributed by atoms with E-state index in [1.165, 1.54) is 37.6 Å². The molecule has 0 saturated carbocycles. The summed E-state index contributed by atoms with van der Waals surface area (Å²) in [6.07, 6.45) is 3.52. The van der Waals surface area contributed by atoms with Crippen molar-refractivity contribution in [2.45, 2.75) is 18.9 Å². The number of guanidine groups is 1. The number of nitrogens with zero attached hydrogens (tertiary/aromatic N) is 2. The zero-order chi connectivity index (χ0) is 25.1. The number of amides is 1. The zero-order valence-corrected chi connectivity index (χ0v) is 20.9. The number of pyridine rings is 1. The molecule has 2 N–H and O–H groups in total. The van der Waals surface area contributed by atoms with Gasteiger partial charge >= 0.3 is 0 Å². The Bertz CT molecular complexity index is 1320. The Balaban J connectivity index is 1.79. The van der Waals surface area contributed by atoms with Gasteiger partial charge in [-0.05, 0) is 47.7 Å². The van der Waals surface area contributed by atoms with E-state index in [9.17, 15) is 4.79 Å². The molecule has 1 aliphatic rings. The second-order valence-electron chi connectivity index (χ2n) is 7.88. The van der Waals surface area contributed by atoms with Gasteiger partial charge in [0.2, 0.25) is 11.7 Å². The van der Waals surface area contributed by atoms with Crippen molar-refractivity contribution in [1.82, 2.24) is 15.2 Å². The van der Waals surface area contributed by atoms with Crippen LogP contribution in [0.3, 0.4) is 0 Å². The fraction of sp³-hybridized carbons (Fsp3) is 0.269. The van der Waals surface area contributed by atoms with Crippen LogP contribution in [0.15, 0.2) is 42.0 Å². The summed E-state index contributed by atoms with van der Waals surface area (Å²) >= 11 is 1.52. The summed E-state index contributed by atoms with van der Waals surface area (Å²) in [5, 5.41) is 13.6. The van der Waals surface area contributed by atoms with Gasteiger partial charge in [0.15, 0.2) is 17.5 Å². The van der Waals surface area contributed by atoms with Crippen LogP contribution >= 0.6 is 11.3 Å². The van der Waals surface area contributed by atoms with Gasteiger partial charge < -0.3 is 19.5 Å². The maximum absolute atomic E-state index is 13.5. The van der Waals surface area contributed by atoms with Crippen LogP contribution in [0.1, 0.15) is 34.9 Å². The Hall–Kier alpha value is -4.03. The predicted molar refractivity (Wildman–Crippen MR) is 135 cm³/mol. The number of likely N-dealkylation sites (N-methyl/N-ethyl adjacent to an activating group) is 1. The van der Waals surface area contributed by atoms with Crippen molar-refractivity contribution in [1.29, 1.82) is 5.41 Å². The zero-order valence-electron chi connectivity index (χ0n) is 20.1. The van der Waals surface area contributed by atoms with Gasteiger partial charge in [0.25, 0.3) is 0 Å². The van der Waals surface area contributed by atoms with Gasteiger partial charge in [-0.2, -0.15) is 0 Å². The second kappa shape index (κ2) is 10.1. The second-order valence-corrected chi connectivity index (χ2v) is 8.82. The van der Waals surface area contributed by atoms with Crippen LogP contribution in [-0.4, -0.2) is 50.1 Å². The third-order valence-corrected chi connectivity index (χ3v) is 6.89. The first-order valence-electron chi connectivity index (χ1n) is 10.8. The molecule has 0 aliphatic carbocycles. The molecule has 1 aliphatic heterocycles. The molecule has 1 fully saturated rings. The molecule has 0 radical (unpaired) electrons. The highest BCUT2D eigenvalue weighted by Gasteiger charge is 2.41. The maximum atomic E-state index is 13.5. The standard InChI is InChI=1S/C26H26N4O4S/c1-6-7-15-8-17(13-28-12-15)18-11-21(35-14-18)23-22(25(31)30(2)26(27)29-23)16-9-19(32-3)24(34-5)20(10-16)33-4/h8-14,22-23H,1-5H3,(H2,27,29). The van der Waals surface area contributed by atoms with Crippen molar-refractivity contribution >= 4 is 23.2 Å². The van der Waals surface area contributed by atoms with Crippen LogP contribution in [-0.2, 0) is 4.79 Å². The Morgan fingerprint density at radius 3 is 2.40 bits per heavy atom. The Morgan fingerprint density at radius 1 is 1.06 bits per heavy atom. The smallest absolute Gasteiger partial charge is 0.239 e. The topological polar surface area (TPSA) is 96.8 Å². The maximum Gasteiger partial charge on any atom is 0.239 e. The van der Waals surface area contributed by atoms with E-state index in [0.717, 1.165) is 21.6 Å². The first kappa shape index (κ1) is 24.1. The highest BCUT2D eigenvalue weighted by Crippen LogP contribution is 2.45. The van der Waals surface area contributed by atoms with E-state index in [1.807, 2.05) is 17.5 Å². The SMILES string of the molecule is CC#Cc1cncc(-c2csc(C3NC(=N)N(C)C(=O)C3c3cc(OC)c(OC)c(OC)c3)c2)c1. The van der Waals surface area contributed by atoms with Gasteiger partial charge in [-0.15, -0.1) is 17.3 Å². The number of hydrogen-bond donors (Lipinski definition) is 2. The fourth-order valence-corrected chi connectivity index (χ4v) is 5.12. The molecule has 2 aromatic heterocycles. The van der Waals surface area contributed by atoms with Gasteiger partial charge in [-0.25, -0.2) is 0 Å². The fourth-order valence-electron chi connectivity index (χ4n) is 4.12. The van der Waals surface area contributed by atoms with Crippen molar-refractivity contribution in [2.75, 3.05) is 28.4 Å². The molecule has 3 heterocycles. The number of benzene rings is 1. The molecule has 2 unspecified atom stereocenters. The van der Waals surface area contributed by atoms with Crippen molar-refractivity contribution in [3.8, 4) is 40.2 Å². The molecule has 9 heteroatoms. The van der Waals surface area contributed by atoms with Crippen LogP contribution < -0.4 is 19.5 Å². The average molecular weight is 491 g/mol. The summed E-state index contributed by atoms with van der Waals surface area (Å²) in [7, 11) is 6.20.